The molecule has 0 spiro atoms. The predicted molar refractivity (Wildman–Crippen MR) is 114 cm³/mol. The van der Waals surface area contributed by atoms with E-state index in [0.717, 1.165) is 31.2 Å². The summed E-state index contributed by atoms with van der Waals surface area (Å²) in [7, 11) is 3.87. The number of guanidine groups is 1. The molecule has 0 amide bonds. The molecule has 0 saturated heterocycles. The van der Waals surface area contributed by atoms with Crippen molar-refractivity contribution < 1.29 is 4.74 Å². The van der Waals surface area contributed by atoms with E-state index in [2.05, 4.69) is 52.8 Å². The molecule has 1 heterocycles. The minimum Gasteiger partial charge on any atom is -0.492 e. The standard InChI is InChI=1S/C18H25N3OS.HI/c1-15-6-4-7-16(14-15)22-12-10-20-18(19-2)21(3)11-9-17-8-5-13-23-17;/h4-8,13-14H,9-12H2,1-3H3,(H,19,20);1H. The largest absolute Gasteiger partial charge is 0.492 e. The number of likely N-dealkylation sites (N-methyl/N-ethyl adjacent to an activating group) is 1. The molecule has 24 heavy (non-hydrogen) atoms. The zero-order valence-corrected chi connectivity index (χ0v) is 17.6. The van der Waals surface area contributed by atoms with Crippen molar-refractivity contribution in [2.24, 2.45) is 4.99 Å². The number of halogens is 1. The summed E-state index contributed by atoms with van der Waals surface area (Å²) in [5.41, 5.74) is 1.21. The van der Waals surface area contributed by atoms with Crippen LogP contribution >= 0.6 is 35.3 Å². The number of aryl methyl sites for hydroxylation is 1. The molecular formula is C18H26IN3OS. The van der Waals surface area contributed by atoms with E-state index < -0.39 is 0 Å². The van der Waals surface area contributed by atoms with Crippen LogP contribution in [0.2, 0.25) is 0 Å². The molecule has 2 rings (SSSR count). The van der Waals surface area contributed by atoms with E-state index in [0.29, 0.717) is 6.61 Å². The van der Waals surface area contributed by atoms with Crippen LogP contribution in [-0.2, 0) is 6.42 Å². The van der Waals surface area contributed by atoms with Crippen molar-refractivity contribution in [1.82, 2.24) is 10.2 Å². The Balaban J connectivity index is 0.00000288. The van der Waals surface area contributed by atoms with Gasteiger partial charge < -0.3 is 15.0 Å². The fourth-order valence-electron chi connectivity index (χ4n) is 2.26. The minimum absolute atomic E-state index is 0. The van der Waals surface area contributed by atoms with E-state index in [1.54, 1.807) is 11.3 Å². The fraction of sp³-hybridized carbons (Fsp3) is 0.389. The molecule has 0 fully saturated rings. The van der Waals surface area contributed by atoms with Crippen LogP contribution in [0.5, 0.6) is 5.75 Å². The lowest BCUT2D eigenvalue weighted by Gasteiger charge is -2.21. The molecule has 4 nitrogen and oxygen atoms in total. The quantitative estimate of drug-likeness (QED) is 0.296. The first-order valence-corrected chi connectivity index (χ1v) is 8.70. The van der Waals surface area contributed by atoms with Crippen LogP contribution in [0.3, 0.4) is 0 Å². The number of hydrogen-bond donors (Lipinski definition) is 1. The first-order chi connectivity index (χ1) is 11.2. The second kappa shape index (κ2) is 11.3. The Hall–Kier alpha value is -1.28. The lowest BCUT2D eigenvalue weighted by Crippen LogP contribution is -2.41. The van der Waals surface area contributed by atoms with Crippen LogP contribution in [0.25, 0.3) is 0 Å². The van der Waals surface area contributed by atoms with E-state index >= 15 is 0 Å². The SMILES string of the molecule is CN=C(NCCOc1cccc(C)c1)N(C)CCc1cccs1.I. The highest BCUT2D eigenvalue weighted by atomic mass is 127. The van der Waals surface area contributed by atoms with Gasteiger partial charge in [0.25, 0.3) is 0 Å². The Bertz CT molecular complexity index is 616. The van der Waals surface area contributed by atoms with Crippen molar-refractivity contribution in [3.63, 3.8) is 0 Å². The Morgan fingerprint density at radius 2 is 2.12 bits per heavy atom. The van der Waals surface area contributed by atoms with Gasteiger partial charge in [-0.3, -0.25) is 4.99 Å². The Morgan fingerprint density at radius 1 is 1.29 bits per heavy atom. The van der Waals surface area contributed by atoms with E-state index in [4.69, 9.17) is 4.74 Å². The Morgan fingerprint density at radius 3 is 2.79 bits per heavy atom. The number of ether oxygens (including phenoxy) is 1. The molecule has 1 N–H and O–H groups in total. The molecule has 1 aromatic heterocycles. The van der Waals surface area contributed by atoms with Gasteiger partial charge in [0, 0.05) is 25.5 Å². The molecule has 0 aliphatic carbocycles. The summed E-state index contributed by atoms with van der Waals surface area (Å²) in [6, 6.07) is 12.4. The molecule has 0 atom stereocenters. The third-order valence-electron chi connectivity index (χ3n) is 3.49. The molecule has 2 aromatic rings. The maximum absolute atomic E-state index is 5.75. The summed E-state index contributed by atoms with van der Waals surface area (Å²) in [6.45, 7) is 4.35. The Labute approximate surface area is 166 Å². The molecule has 132 valence electrons. The summed E-state index contributed by atoms with van der Waals surface area (Å²) in [5, 5.41) is 5.45. The Kier molecular flexibility index (Phi) is 9.78. The van der Waals surface area contributed by atoms with Gasteiger partial charge in [-0.2, -0.15) is 0 Å². The van der Waals surface area contributed by atoms with Crippen LogP contribution in [-0.4, -0.2) is 44.7 Å². The van der Waals surface area contributed by atoms with Gasteiger partial charge in [0.2, 0.25) is 0 Å². The molecule has 0 radical (unpaired) electrons. The number of nitrogens with one attached hydrogen (secondary N) is 1. The number of nitrogens with zero attached hydrogens (tertiary/aromatic N) is 2. The highest BCUT2D eigenvalue weighted by Crippen LogP contribution is 2.12. The van der Waals surface area contributed by atoms with E-state index in [9.17, 15) is 0 Å². The second-order valence-electron chi connectivity index (χ2n) is 5.39. The van der Waals surface area contributed by atoms with E-state index in [1.165, 1.54) is 10.4 Å². The van der Waals surface area contributed by atoms with Crippen molar-refractivity contribution in [2.45, 2.75) is 13.3 Å². The molecular weight excluding hydrogens is 433 g/mol. The monoisotopic (exact) mass is 459 g/mol. The number of benzene rings is 1. The number of thiophene rings is 1. The van der Waals surface area contributed by atoms with Crippen LogP contribution in [0.1, 0.15) is 10.4 Å². The summed E-state index contributed by atoms with van der Waals surface area (Å²) >= 11 is 1.80. The second-order valence-corrected chi connectivity index (χ2v) is 6.42. The molecule has 0 unspecified atom stereocenters. The highest BCUT2D eigenvalue weighted by molar-refractivity contribution is 14.0. The zero-order chi connectivity index (χ0) is 16.5. The first kappa shape index (κ1) is 20.8. The van der Waals surface area contributed by atoms with Gasteiger partial charge in [0.15, 0.2) is 5.96 Å². The third-order valence-corrected chi connectivity index (χ3v) is 4.43. The van der Waals surface area contributed by atoms with Crippen molar-refractivity contribution in [1.29, 1.82) is 0 Å². The van der Waals surface area contributed by atoms with Gasteiger partial charge in [-0.15, -0.1) is 35.3 Å². The van der Waals surface area contributed by atoms with E-state index in [-0.39, 0.29) is 24.0 Å². The van der Waals surface area contributed by atoms with Gasteiger partial charge in [0.1, 0.15) is 12.4 Å². The molecule has 0 aliphatic rings. The number of rotatable bonds is 7. The summed E-state index contributed by atoms with van der Waals surface area (Å²) < 4.78 is 5.75. The minimum atomic E-state index is 0. The van der Waals surface area contributed by atoms with Crippen LogP contribution in [0, 0.1) is 6.92 Å². The van der Waals surface area contributed by atoms with Crippen molar-refractivity contribution in [3.8, 4) is 5.75 Å². The normalized spacial score (nSPS) is 10.9. The maximum atomic E-state index is 5.75. The van der Waals surface area contributed by atoms with Crippen molar-refractivity contribution in [3.05, 3.63) is 52.2 Å². The first-order valence-electron chi connectivity index (χ1n) is 7.82. The van der Waals surface area contributed by atoms with Gasteiger partial charge in [0.05, 0.1) is 6.54 Å². The van der Waals surface area contributed by atoms with Gasteiger partial charge >= 0.3 is 0 Å². The number of hydrogen-bond acceptors (Lipinski definition) is 3. The van der Waals surface area contributed by atoms with Crippen LogP contribution in [0.4, 0.5) is 0 Å². The van der Waals surface area contributed by atoms with Crippen molar-refractivity contribution >= 4 is 41.3 Å². The van der Waals surface area contributed by atoms with Crippen LogP contribution in [0.15, 0.2) is 46.8 Å². The zero-order valence-electron chi connectivity index (χ0n) is 14.5. The lowest BCUT2D eigenvalue weighted by atomic mass is 10.2. The summed E-state index contributed by atoms with van der Waals surface area (Å²) in [6.07, 6.45) is 1.04. The summed E-state index contributed by atoms with van der Waals surface area (Å²) in [5.74, 6) is 1.81. The molecule has 0 saturated carbocycles. The molecule has 0 aliphatic heterocycles. The lowest BCUT2D eigenvalue weighted by molar-refractivity contribution is 0.319. The maximum Gasteiger partial charge on any atom is 0.193 e. The molecule has 6 heteroatoms. The predicted octanol–water partition coefficient (Wildman–Crippen LogP) is 3.80. The summed E-state index contributed by atoms with van der Waals surface area (Å²) in [4.78, 5) is 7.87. The van der Waals surface area contributed by atoms with Gasteiger partial charge in [-0.25, -0.2) is 0 Å². The van der Waals surface area contributed by atoms with Gasteiger partial charge in [-0.1, -0.05) is 18.2 Å². The number of aliphatic imine (C=N–C) groups is 1. The van der Waals surface area contributed by atoms with Crippen molar-refractivity contribution in [2.75, 3.05) is 33.8 Å². The topological polar surface area (TPSA) is 36.9 Å². The molecule has 0 bridgehead atoms. The van der Waals surface area contributed by atoms with E-state index in [1.807, 2.05) is 25.2 Å². The fourth-order valence-corrected chi connectivity index (χ4v) is 2.96. The average molecular weight is 459 g/mol. The van der Waals surface area contributed by atoms with Gasteiger partial charge in [-0.05, 0) is 42.5 Å². The third kappa shape index (κ3) is 7.09. The average Bonchev–Trinajstić information content (AvgIpc) is 3.06. The smallest absolute Gasteiger partial charge is 0.193 e. The molecule has 1 aromatic carbocycles. The van der Waals surface area contributed by atoms with Crippen LogP contribution < -0.4 is 10.1 Å². The highest BCUT2D eigenvalue weighted by Gasteiger charge is 2.06.